The molecule has 0 bridgehead atoms. The summed E-state index contributed by atoms with van der Waals surface area (Å²) in [6.45, 7) is 4.84. The van der Waals surface area contributed by atoms with Crippen molar-refractivity contribution in [3.63, 3.8) is 0 Å². The van der Waals surface area contributed by atoms with E-state index in [1.807, 2.05) is 24.3 Å². The fraction of sp³-hybridized carbons (Fsp3) is 0.500. The van der Waals surface area contributed by atoms with Gasteiger partial charge >= 0.3 is 0 Å². The van der Waals surface area contributed by atoms with Crippen molar-refractivity contribution in [2.24, 2.45) is 5.73 Å². The summed E-state index contributed by atoms with van der Waals surface area (Å²) >= 11 is 1.26. The second-order valence-corrected chi connectivity index (χ2v) is 7.85. The largest absolute Gasteiger partial charge is 0.368 e. The molecule has 1 aromatic heterocycles. The number of benzene rings is 1. The Morgan fingerprint density at radius 2 is 2.00 bits per heavy atom. The number of carbonyl (C=O) groups excluding carboxylic acids is 2. The van der Waals surface area contributed by atoms with Crippen molar-refractivity contribution in [2.75, 3.05) is 12.3 Å². The van der Waals surface area contributed by atoms with Gasteiger partial charge in [0.25, 0.3) is 0 Å². The van der Waals surface area contributed by atoms with Crippen molar-refractivity contribution in [3.8, 4) is 5.69 Å². The zero-order valence-electron chi connectivity index (χ0n) is 15.5. The highest BCUT2D eigenvalue weighted by Crippen LogP contribution is 2.23. The van der Waals surface area contributed by atoms with E-state index >= 15 is 0 Å². The van der Waals surface area contributed by atoms with Crippen LogP contribution in [0.15, 0.2) is 29.4 Å². The van der Waals surface area contributed by atoms with Crippen LogP contribution in [-0.4, -0.2) is 55.3 Å². The summed E-state index contributed by atoms with van der Waals surface area (Å²) in [5.41, 5.74) is 7.52. The summed E-state index contributed by atoms with van der Waals surface area (Å²) in [6, 6.07) is 7.52. The number of primary amides is 1. The zero-order valence-corrected chi connectivity index (χ0v) is 16.4. The fourth-order valence-corrected chi connectivity index (χ4v) is 3.94. The van der Waals surface area contributed by atoms with Gasteiger partial charge in [0, 0.05) is 6.54 Å². The first-order valence-electron chi connectivity index (χ1n) is 9.07. The molecule has 9 heteroatoms. The summed E-state index contributed by atoms with van der Waals surface area (Å²) in [4.78, 5) is 25.8. The molecule has 2 aromatic rings. The van der Waals surface area contributed by atoms with E-state index in [1.165, 1.54) is 17.3 Å². The van der Waals surface area contributed by atoms with Crippen molar-refractivity contribution in [1.29, 1.82) is 0 Å². The van der Waals surface area contributed by atoms with Crippen molar-refractivity contribution < 1.29 is 9.59 Å². The van der Waals surface area contributed by atoms with Crippen LogP contribution in [-0.2, 0) is 9.59 Å². The number of thioether (sulfide) groups is 1. The van der Waals surface area contributed by atoms with E-state index in [1.54, 1.807) is 9.58 Å². The van der Waals surface area contributed by atoms with Gasteiger partial charge in [0.2, 0.25) is 17.0 Å². The fourth-order valence-electron chi connectivity index (χ4n) is 3.17. The van der Waals surface area contributed by atoms with E-state index in [2.05, 4.69) is 29.4 Å². The van der Waals surface area contributed by atoms with Crippen LogP contribution in [0.2, 0.25) is 0 Å². The Balaban J connectivity index is 1.68. The molecule has 144 valence electrons. The Hall–Kier alpha value is -2.42. The molecule has 2 amide bonds. The summed E-state index contributed by atoms with van der Waals surface area (Å²) in [7, 11) is 0. The number of amides is 2. The lowest BCUT2D eigenvalue weighted by Crippen LogP contribution is -2.51. The van der Waals surface area contributed by atoms with Crippen molar-refractivity contribution in [1.82, 2.24) is 25.1 Å². The van der Waals surface area contributed by atoms with E-state index in [9.17, 15) is 9.59 Å². The third-order valence-corrected chi connectivity index (χ3v) is 5.63. The molecule has 3 rings (SSSR count). The van der Waals surface area contributed by atoms with Crippen LogP contribution in [0, 0.1) is 0 Å². The minimum Gasteiger partial charge on any atom is -0.368 e. The number of piperidine rings is 1. The summed E-state index contributed by atoms with van der Waals surface area (Å²) in [6.07, 6.45) is 2.43. The van der Waals surface area contributed by atoms with Crippen LogP contribution in [0.4, 0.5) is 0 Å². The van der Waals surface area contributed by atoms with E-state index in [4.69, 9.17) is 5.73 Å². The standard InChI is InChI=1S/C18H24N6O2S/c1-12(2)13-6-8-14(9-7-13)24-18(20-21-22-24)27-11-16(25)23-10-4-3-5-15(23)17(19)26/h6-9,12,15H,3-5,10-11H2,1-2H3,(H2,19,26)/t15-/m1/s1. The topological polar surface area (TPSA) is 107 Å². The molecule has 1 saturated heterocycles. The third-order valence-electron chi connectivity index (χ3n) is 4.72. The van der Waals surface area contributed by atoms with Gasteiger partial charge in [-0.3, -0.25) is 9.59 Å². The molecule has 0 saturated carbocycles. The molecule has 0 unspecified atom stereocenters. The van der Waals surface area contributed by atoms with Gasteiger partial charge in [0.1, 0.15) is 6.04 Å². The number of nitrogens with zero attached hydrogens (tertiary/aromatic N) is 5. The highest BCUT2D eigenvalue weighted by atomic mass is 32.2. The van der Waals surface area contributed by atoms with E-state index < -0.39 is 11.9 Å². The number of tetrazole rings is 1. The maximum Gasteiger partial charge on any atom is 0.240 e. The Morgan fingerprint density at radius 1 is 1.26 bits per heavy atom. The number of rotatable bonds is 6. The van der Waals surface area contributed by atoms with Crippen LogP contribution in [0.1, 0.15) is 44.6 Å². The van der Waals surface area contributed by atoms with Crippen LogP contribution in [0.5, 0.6) is 0 Å². The molecule has 8 nitrogen and oxygen atoms in total. The first-order chi connectivity index (χ1) is 13.0. The van der Waals surface area contributed by atoms with Crippen LogP contribution in [0.3, 0.4) is 0 Å². The van der Waals surface area contributed by atoms with Crippen molar-refractivity contribution in [2.45, 2.75) is 50.2 Å². The first kappa shape index (κ1) is 19.3. The summed E-state index contributed by atoms with van der Waals surface area (Å²) < 4.78 is 1.61. The predicted molar refractivity (Wildman–Crippen MR) is 103 cm³/mol. The quantitative estimate of drug-likeness (QED) is 0.756. The molecule has 1 aromatic carbocycles. The maximum absolute atomic E-state index is 12.6. The smallest absolute Gasteiger partial charge is 0.240 e. The molecular formula is C18H24N6O2S. The van der Waals surface area contributed by atoms with Crippen LogP contribution >= 0.6 is 11.8 Å². The monoisotopic (exact) mass is 388 g/mol. The van der Waals surface area contributed by atoms with Gasteiger partial charge in [-0.25, -0.2) is 0 Å². The lowest BCUT2D eigenvalue weighted by atomic mass is 10.0. The number of carbonyl (C=O) groups is 2. The van der Waals surface area contributed by atoms with Gasteiger partial charge in [0.15, 0.2) is 0 Å². The van der Waals surface area contributed by atoms with E-state index in [0.717, 1.165) is 18.5 Å². The number of likely N-dealkylation sites (tertiary alicyclic amines) is 1. The zero-order chi connectivity index (χ0) is 19.4. The first-order valence-corrected chi connectivity index (χ1v) is 10.1. The summed E-state index contributed by atoms with van der Waals surface area (Å²) in [5, 5.41) is 12.3. The van der Waals surface area contributed by atoms with E-state index in [0.29, 0.717) is 24.0 Å². The molecule has 1 aliphatic rings. The lowest BCUT2D eigenvalue weighted by molar-refractivity contribution is -0.138. The van der Waals surface area contributed by atoms with Crippen LogP contribution < -0.4 is 5.73 Å². The molecule has 2 N–H and O–H groups in total. The molecule has 1 aliphatic heterocycles. The Labute approximate surface area is 162 Å². The van der Waals surface area contributed by atoms with Gasteiger partial charge in [-0.1, -0.05) is 37.7 Å². The summed E-state index contributed by atoms with van der Waals surface area (Å²) in [5.74, 6) is 0.0484. The van der Waals surface area contributed by atoms with Crippen molar-refractivity contribution in [3.05, 3.63) is 29.8 Å². The molecule has 2 heterocycles. The molecule has 1 fully saturated rings. The SMILES string of the molecule is CC(C)c1ccc(-n2nnnc2SCC(=O)N2CCCC[C@@H]2C(N)=O)cc1. The van der Waals surface area contributed by atoms with Crippen LogP contribution in [0.25, 0.3) is 5.69 Å². The number of hydrogen-bond acceptors (Lipinski definition) is 6. The average Bonchev–Trinajstić information content (AvgIpc) is 3.14. The Morgan fingerprint density at radius 3 is 2.67 bits per heavy atom. The third kappa shape index (κ3) is 4.47. The second-order valence-electron chi connectivity index (χ2n) is 6.91. The minimum absolute atomic E-state index is 0.117. The number of aromatic nitrogens is 4. The minimum atomic E-state index is -0.508. The molecule has 0 radical (unpaired) electrons. The predicted octanol–water partition coefficient (Wildman–Crippen LogP) is 1.74. The second kappa shape index (κ2) is 8.51. The highest BCUT2D eigenvalue weighted by molar-refractivity contribution is 7.99. The molecule has 1 atom stereocenters. The van der Waals surface area contributed by atoms with Gasteiger partial charge in [-0.15, -0.1) is 5.10 Å². The lowest BCUT2D eigenvalue weighted by Gasteiger charge is -2.33. The van der Waals surface area contributed by atoms with Gasteiger partial charge in [-0.2, -0.15) is 4.68 Å². The Kier molecular flexibility index (Phi) is 6.10. The Bertz CT molecular complexity index is 804. The number of hydrogen-bond donors (Lipinski definition) is 1. The molecule has 27 heavy (non-hydrogen) atoms. The van der Waals surface area contributed by atoms with Crippen molar-refractivity contribution >= 4 is 23.6 Å². The van der Waals surface area contributed by atoms with Gasteiger partial charge < -0.3 is 10.6 Å². The van der Waals surface area contributed by atoms with Gasteiger partial charge in [0.05, 0.1) is 11.4 Å². The maximum atomic E-state index is 12.6. The molecule has 0 spiro atoms. The molecular weight excluding hydrogens is 364 g/mol. The van der Waals surface area contributed by atoms with Gasteiger partial charge in [-0.05, 0) is 53.3 Å². The number of nitrogens with two attached hydrogens (primary N) is 1. The van der Waals surface area contributed by atoms with E-state index in [-0.39, 0.29) is 11.7 Å². The average molecular weight is 388 g/mol. The normalized spacial score (nSPS) is 17.3. The highest BCUT2D eigenvalue weighted by Gasteiger charge is 2.30. The molecule has 0 aliphatic carbocycles.